The van der Waals surface area contributed by atoms with Crippen molar-refractivity contribution in [2.75, 3.05) is 19.8 Å². The highest BCUT2D eigenvalue weighted by Gasteiger charge is 2.34. The Bertz CT molecular complexity index is 636. The van der Waals surface area contributed by atoms with Crippen LogP contribution in [-0.2, 0) is 17.2 Å². The van der Waals surface area contributed by atoms with E-state index < -0.39 is 0 Å². The van der Waals surface area contributed by atoms with Crippen LogP contribution in [0.5, 0.6) is 0 Å². The summed E-state index contributed by atoms with van der Waals surface area (Å²) in [5.74, 6) is 0.850. The van der Waals surface area contributed by atoms with Crippen molar-refractivity contribution in [1.82, 2.24) is 25.5 Å². The lowest BCUT2D eigenvalue weighted by molar-refractivity contribution is 0.0489. The quantitative estimate of drug-likeness (QED) is 0.863. The molecule has 2 aromatic rings. The average molecular weight is 380 g/mol. The zero-order chi connectivity index (χ0) is 16.3. The van der Waals surface area contributed by atoms with E-state index >= 15 is 0 Å². The van der Waals surface area contributed by atoms with E-state index in [0.29, 0.717) is 0 Å². The number of ether oxygens (including phenoxy) is 1. The molecule has 1 aromatic heterocycles. The summed E-state index contributed by atoms with van der Waals surface area (Å²) in [6.45, 7) is 4.58. The van der Waals surface area contributed by atoms with Crippen molar-refractivity contribution in [1.29, 1.82) is 0 Å². The van der Waals surface area contributed by atoms with E-state index in [1.165, 1.54) is 5.56 Å². The fraction of sp³-hybridized carbons (Fsp3) is 0.562. The van der Waals surface area contributed by atoms with Gasteiger partial charge in [-0.2, -0.15) is 0 Å². The summed E-state index contributed by atoms with van der Waals surface area (Å²) in [6, 6.07) is 8.76. The number of nitrogens with one attached hydrogen (secondary N) is 1. The summed E-state index contributed by atoms with van der Waals surface area (Å²) in [5, 5.41) is 15.3. The van der Waals surface area contributed by atoms with E-state index in [9.17, 15) is 0 Å². The van der Waals surface area contributed by atoms with Gasteiger partial charge in [-0.1, -0.05) is 28.1 Å². The highest BCUT2D eigenvalue weighted by molar-refractivity contribution is 9.10. The van der Waals surface area contributed by atoms with Gasteiger partial charge in [0.15, 0.2) is 5.82 Å². The van der Waals surface area contributed by atoms with Crippen LogP contribution in [0.3, 0.4) is 0 Å². The summed E-state index contributed by atoms with van der Waals surface area (Å²) in [7, 11) is 1.87. The largest absolute Gasteiger partial charge is 0.381 e. The molecule has 1 aliphatic rings. The van der Waals surface area contributed by atoms with Crippen molar-refractivity contribution in [3.8, 4) is 0 Å². The normalized spacial score (nSPS) is 18.7. The minimum atomic E-state index is 0.0965. The molecule has 7 heteroatoms. The lowest BCUT2D eigenvalue weighted by Crippen LogP contribution is -2.43. The second-order valence-corrected chi connectivity index (χ2v) is 7.08. The monoisotopic (exact) mass is 379 g/mol. The molecule has 1 atom stereocenters. The van der Waals surface area contributed by atoms with Gasteiger partial charge in [0.05, 0.1) is 6.04 Å². The lowest BCUT2D eigenvalue weighted by Gasteiger charge is -2.38. The highest BCUT2D eigenvalue weighted by Crippen LogP contribution is 2.35. The average Bonchev–Trinajstić information content (AvgIpc) is 3.00. The Kier molecular flexibility index (Phi) is 5.08. The Morgan fingerprint density at radius 3 is 2.61 bits per heavy atom. The maximum atomic E-state index is 5.59. The van der Waals surface area contributed by atoms with Crippen LogP contribution in [0.25, 0.3) is 0 Å². The van der Waals surface area contributed by atoms with Crippen LogP contribution < -0.4 is 5.32 Å². The zero-order valence-electron chi connectivity index (χ0n) is 13.5. The van der Waals surface area contributed by atoms with Crippen molar-refractivity contribution in [2.24, 2.45) is 7.05 Å². The van der Waals surface area contributed by atoms with Gasteiger partial charge in [-0.25, -0.2) is 4.68 Å². The Balaban J connectivity index is 1.77. The SMILES string of the molecule is CC(NCC1(c2ccc(Br)cc2)CCOCC1)c1nnnn1C. The number of nitrogens with zero attached hydrogens (tertiary/aromatic N) is 4. The van der Waals surface area contributed by atoms with Gasteiger partial charge in [-0.3, -0.25) is 0 Å². The van der Waals surface area contributed by atoms with E-state index in [1.807, 2.05) is 7.05 Å². The second-order valence-electron chi connectivity index (χ2n) is 6.16. The topological polar surface area (TPSA) is 64.9 Å². The number of hydrogen-bond donors (Lipinski definition) is 1. The van der Waals surface area contributed by atoms with E-state index in [4.69, 9.17) is 4.74 Å². The van der Waals surface area contributed by atoms with Crippen molar-refractivity contribution < 1.29 is 4.74 Å². The maximum absolute atomic E-state index is 5.59. The number of hydrogen-bond acceptors (Lipinski definition) is 5. The Morgan fingerprint density at radius 1 is 1.30 bits per heavy atom. The van der Waals surface area contributed by atoms with Crippen LogP contribution >= 0.6 is 15.9 Å². The van der Waals surface area contributed by atoms with Crippen molar-refractivity contribution in [2.45, 2.75) is 31.2 Å². The molecular weight excluding hydrogens is 358 g/mol. The second kappa shape index (κ2) is 7.07. The number of aromatic nitrogens is 4. The van der Waals surface area contributed by atoms with Gasteiger partial charge in [-0.05, 0) is 47.9 Å². The van der Waals surface area contributed by atoms with Crippen LogP contribution in [0, 0.1) is 0 Å². The molecule has 0 spiro atoms. The van der Waals surface area contributed by atoms with Crippen molar-refractivity contribution in [3.05, 3.63) is 40.1 Å². The summed E-state index contributed by atoms with van der Waals surface area (Å²) < 4.78 is 8.42. The first-order valence-electron chi connectivity index (χ1n) is 7.90. The number of rotatable bonds is 5. The molecule has 23 heavy (non-hydrogen) atoms. The van der Waals surface area contributed by atoms with Crippen molar-refractivity contribution >= 4 is 15.9 Å². The third-order valence-corrected chi connectivity index (χ3v) is 5.22. The molecule has 0 saturated carbocycles. The third-order valence-electron chi connectivity index (χ3n) is 4.69. The minimum absolute atomic E-state index is 0.0965. The van der Waals surface area contributed by atoms with Gasteiger partial charge in [0, 0.05) is 36.7 Å². The van der Waals surface area contributed by atoms with Gasteiger partial charge in [0.2, 0.25) is 0 Å². The van der Waals surface area contributed by atoms with Gasteiger partial charge in [0.25, 0.3) is 0 Å². The summed E-state index contributed by atoms with van der Waals surface area (Å²) in [5.41, 5.74) is 1.46. The van der Waals surface area contributed by atoms with Crippen LogP contribution in [0.2, 0.25) is 0 Å². The number of benzene rings is 1. The molecule has 0 radical (unpaired) electrons. The smallest absolute Gasteiger partial charge is 0.167 e. The Hall–Kier alpha value is -1.31. The molecule has 1 N–H and O–H groups in total. The summed E-state index contributed by atoms with van der Waals surface area (Å²) in [4.78, 5) is 0. The van der Waals surface area contributed by atoms with Gasteiger partial charge in [0.1, 0.15) is 0 Å². The lowest BCUT2D eigenvalue weighted by atomic mass is 9.74. The molecule has 124 valence electrons. The minimum Gasteiger partial charge on any atom is -0.381 e. The highest BCUT2D eigenvalue weighted by atomic mass is 79.9. The molecule has 0 aliphatic carbocycles. The van der Waals surface area contributed by atoms with E-state index in [2.05, 4.69) is 68.0 Å². The van der Waals surface area contributed by atoms with Crippen LogP contribution in [0.1, 0.15) is 37.2 Å². The molecule has 0 bridgehead atoms. The predicted molar refractivity (Wildman–Crippen MR) is 91.1 cm³/mol. The first-order chi connectivity index (χ1) is 11.1. The van der Waals surface area contributed by atoms with E-state index in [1.54, 1.807) is 4.68 Å². The van der Waals surface area contributed by atoms with E-state index in [-0.39, 0.29) is 11.5 Å². The molecule has 3 rings (SSSR count). The third kappa shape index (κ3) is 3.62. The van der Waals surface area contributed by atoms with Gasteiger partial charge in [-0.15, -0.1) is 5.10 Å². The molecule has 0 amide bonds. The van der Waals surface area contributed by atoms with Crippen LogP contribution in [-0.4, -0.2) is 40.0 Å². The molecule has 1 aliphatic heterocycles. The standard InChI is InChI=1S/C16H22BrN5O/c1-12(15-19-20-21-22(15)2)18-11-16(7-9-23-10-8-16)13-3-5-14(17)6-4-13/h3-6,12,18H,7-11H2,1-2H3. The Labute approximate surface area is 144 Å². The Morgan fingerprint density at radius 2 is 2.00 bits per heavy atom. The number of tetrazole rings is 1. The molecule has 6 nitrogen and oxygen atoms in total. The fourth-order valence-corrected chi connectivity index (χ4v) is 3.44. The number of aryl methyl sites for hydroxylation is 1. The van der Waals surface area contributed by atoms with Crippen molar-refractivity contribution in [3.63, 3.8) is 0 Å². The first kappa shape index (κ1) is 16.5. The van der Waals surface area contributed by atoms with Crippen LogP contribution in [0.4, 0.5) is 0 Å². The number of halogens is 1. The molecule has 1 fully saturated rings. The van der Waals surface area contributed by atoms with Gasteiger partial charge >= 0.3 is 0 Å². The van der Waals surface area contributed by atoms with Gasteiger partial charge < -0.3 is 10.1 Å². The fourth-order valence-electron chi connectivity index (χ4n) is 3.18. The first-order valence-corrected chi connectivity index (χ1v) is 8.69. The van der Waals surface area contributed by atoms with E-state index in [0.717, 1.165) is 42.9 Å². The molecule has 2 heterocycles. The maximum Gasteiger partial charge on any atom is 0.167 e. The summed E-state index contributed by atoms with van der Waals surface area (Å²) in [6.07, 6.45) is 2.04. The molecule has 1 aromatic carbocycles. The molecule has 1 unspecified atom stereocenters. The zero-order valence-corrected chi connectivity index (χ0v) is 15.1. The predicted octanol–water partition coefficient (Wildman–Crippen LogP) is 2.37. The molecular formula is C16H22BrN5O. The van der Waals surface area contributed by atoms with Crippen LogP contribution in [0.15, 0.2) is 28.7 Å². The summed E-state index contributed by atoms with van der Waals surface area (Å²) >= 11 is 3.52. The molecule has 1 saturated heterocycles.